The minimum atomic E-state index is -0.564. The summed E-state index contributed by atoms with van der Waals surface area (Å²) in [7, 11) is 0. The van der Waals surface area contributed by atoms with Crippen molar-refractivity contribution in [2.24, 2.45) is 0 Å². The summed E-state index contributed by atoms with van der Waals surface area (Å²) in [5.74, 6) is -1.63. The van der Waals surface area contributed by atoms with Crippen LogP contribution in [0.2, 0.25) is 0 Å². The molecule has 1 aromatic rings. The largest absolute Gasteiger partial charge is 0.463 e. The van der Waals surface area contributed by atoms with Crippen molar-refractivity contribution in [1.29, 1.82) is 0 Å². The van der Waals surface area contributed by atoms with Gasteiger partial charge < -0.3 is 10.1 Å². The normalized spacial score (nSPS) is 15.2. The Morgan fingerprint density at radius 3 is 2.65 bits per heavy atom. The number of halogens is 3. The number of esters is 1. The zero-order chi connectivity index (χ0) is 17.0. The van der Waals surface area contributed by atoms with Crippen LogP contribution in [0, 0.1) is 11.6 Å². The number of ether oxygens (including phenoxy) is 1. The fourth-order valence-electron chi connectivity index (χ4n) is 2.04. The molecule has 0 amide bonds. The molecule has 0 radical (unpaired) electrons. The Hall–Kier alpha value is -1.08. The molecule has 1 N–H and O–H groups in total. The number of nitrogens with one attached hydrogen (secondary N) is 1. The molecule has 2 rings (SSSR count). The zero-order valence-corrected chi connectivity index (χ0v) is 15.3. The summed E-state index contributed by atoms with van der Waals surface area (Å²) in [5, 5.41) is 3.92. The van der Waals surface area contributed by atoms with Gasteiger partial charge in [0.25, 0.3) is 0 Å². The molecule has 0 atom stereocenters. The van der Waals surface area contributed by atoms with E-state index in [4.69, 9.17) is 4.74 Å². The van der Waals surface area contributed by atoms with Crippen LogP contribution < -0.4 is 5.32 Å². The molecule has 0 bridgehead atoms. The fourth-order valence-corrected chi connectivity index (χ4v) is 3.04. The van der Waals surface area contributed by atoms with E-state index in [0.29, 0.717) is 16.6 Å². The first-order valence-electron chi connectivity index (χ1n) is 7.30. The van der Waals surface area contributed by atoms with Crippen molar-refractivity contribution in [3.63, 3.8) is 0 Å². The Kier molecular flexibility index (Phi) is 6.47. The third kappa shape index (κ3) is 4.94. The van der Waals surface area contributed by atoms with Crippen LogP contribution >= 0.6 is 27.7 Å². The average Bonchev–Trinajstić information content (AvgIpc) is 3.32. The summed E-state index contributed by atoms with van der Waals surface area (Å²) in [6.07, 6.45) is 3.90. The quantitative estimate of drug-likeness (QED) is 0.419. The number of rotatable bonds is 7. The van der Waals surface area contributed by atoms with E-state index in [1.54, 1.807) is 6.92 Å². The molecule has 1 aliphatic carbocycles. The highest BCUT2D eigenvalue weighted by molar-refractivity contribution is 9.10. The highest BCUT2D eigenvalue weighted by Gasteiger charge is 2.26. The van der Waals surface area contributed by atoms with Crippen LogP contribution in [0.3, 0.4) is 0 Å². The molecule has 1 fully saturated rings. The number of thioether (sulfide) groups is 1. The highest BCUT2D eigenvalue weighted by Crippen LogP contribution is 2.28. The fraction of sp³-hybridized carbons (Fsp3) is 0.438. The van der Waals surface area contributed by atoms with E-state index in [0.717, 1.165) is 25.0 Å². The SMILES string of the molecule is CCOC(=O)C(Cc1cc(F)c(Br)cc1F)=C(NC1CC1)SC. The molecule has 0 spiro atoms. The summed E-state index contributed by atoms with van der Waals surface area (Å²) >= 11 is 4.32. The molecule has 0 saturated heterocycles. The van der Waals surface area contributed by atoms with Crippen LogP contribution in [0.1, 0.15) is 25.3 Å². The van der Waals surface area contributed by atoms with Crippen LogP contribution in [0.4, 0.5) is 8.78 Å². The molecule has 1 aromatic carbocycles. The maximum Gasteiger partial charge on any atom is 0.336 e. The Morgan fingerprint density at radius 1 is 1.39 bits per heavy atom. The molecule has 1 saturated carbocycles. The van der Waals surface area contributed by atoms with Crippen molar-refractivity contribution in [1.82, 2.24) is 5.32 Å². The molecule has 0 unspecified atom stereocenters. The van der Waals surface area contributed by atoms with E-state index in [2.05, 4.69) is 21.2 Å². The van der Waals surface area contributed by atoms with Gasteiger partial charge in [-0.3, -0.25) is 0 Å². The van der Waals surface area contributed by atoms with Crippen LogP contribution in [-0.2, 0) is 16.0 Å². The topological polar surface area (TPSA) is 38.3 Å². The minimum absolute atomic E-state index is 0.0231. The molecule has 1 aliphatic rings. The van der Waals surface area contributed by atoms with Gasteiger partial charge in [0.05, 0.1) is 21.7 Å². The third-order valence-corrected chi connectivity index (χ3v) is 4.75. The lowest BCUT2D eigenvalue weighted by atomic mass is 10.0. The van der Waals surface area contributed by atoms with E-state index in [-0.39, 0.29) is 23.1 Å². The molecular weight excluding hydrogens is 388 g/mol. The molecule has 7 heteroatoms. The number of hydrogen-bond donors (Lipinski definition) is 1. The van der Waals surface area contributed by atoms with Crippen molar-refractivity contribution >= 4 is 33.7 Å². The van der Waals surface area contributed by atoms with Crippen LogP contribution in [0.25, 0.3) is 0 Å². The third-order valence-electron chi connectivity index (χ3n) is 3.37. The molecule has 126 valence electrons. The Morgan fingerprint density at radius 2 is 2.09 bits per heavy atom. The van der Waals surface area contributed by atoms with Crippen LogP contribution in [0.5, 0.6) is 0 Å². The lowest BCUT2D eigenvalue weighted by Crippen LogP contribution is -2.21. The van der Waals surface area contributed by atoms with E-state index in [9.17, 15) is 13.6 Å². The zero-order valence-electron chi connectivity index (χ0n) is 12.9. The van der Waals surface area contributed by atoms with Gasteiger partial charge in [0.15, 0.2) is 0 Å². The van der Waals surface area contributed by atoms with E-state index in [1.165, 1.54) is 11.8 Å². The van der Waals surface area contributed by atoms with Crippen molar-refractivity contribution in [3.05, 3.63) is 44.4 Å². The lowest BCUT2D eigenvalue weighted by Gasteiger charge is -2.15. The van der Waals surface area contributed by atoms with Crippen LogP contribution in [0.15, 0.2) is 27.2 Å². The molecule has 3 nitrogen and oxygen atoms in total. The van der Waals surface area contributed by atoms with Crippen molar-refractivity contribution in [2.45, 2.75) is 32.2 Å². The smallest absolute Gasteiger partial charge is 0.336 e. The first kappa shape index (κ1) is 18.3. The number of benzene rings is 1. The highest BCUT2D eigenvalue weighted by atomic mass is 79.9. The van der Waals surface area contributed by atoms with Gasteiger partial charge >= 0.3 is 5.97 Å². The van der Waals surface area contributed by atoms with Gasteiger partial charge in [-0.25, -0.2) is 13.6 Å². The van der Waals surface area contributed by atoms with Crippen molar-refractivity contribution in [3.8, 4) is 0 Å². The molecule has 0 aromatic heterocycles. The Labute approximate surface area is 147 Å². The van der Waals surface area contributed by atoms with Gasteiger partial charge in [-0.15, -0.1) is 11.8 Å². The van der Waals surface area contributed by atoms with Gasteiger partial charge in [0.2, 0.25) is 0 Å². The summed E-state index contributed by atoms with van der Waals surface area (Å²) in [5.41, 5.74) is 0.449. The van der Waals surface area contributed by atoms with E-state index >= 15 is 0 Å². The lowest BCUT2D eigenvalue weighted by molar-refractivity contribution is -0.138. The second-order valence-corrected chi connectivity index (χ2v) is 6.86. The first-order valence-corrected chi connectivity index (χ1v) is 9.32. The summed E-state index contributed by atoms with van der Waals surface area (Å²) in [6.45, 7) is 1.94. The Balaban J connectivity index is 2.35. The number of carbonyl (C=O) groups excluding carboxylic acids is 1. The average molecular weight is 406 g/mol. The summed E-state index contributed by atoms with van der Waals surface area (Å²) in [4.78, 5) is 12.3. The van der Waals surface area contributed by atoms with Crippen molar-refractivity contribution in [2.75, 3.05) is 12.9 Å². The molecular formula is C16H18BrF2NO2S. The molecule has 0 heterocycles. The van der Waals surface area contributed by atoms with Gasteiger partial charge in [-0.1, -0.05) is 0 Å². The summed E-state index contributed by atoms with van der Waals surface area (Å²) < 4.78 is 32.9. The van der Waals surface area contributed by atoms with Crippen LogP contribution in [-0.4, -0.2) is 24.9 Å². The van der Waals surface area contributed by atoms with E-state index in [1.807, 2.05) is 6.26 Å². The van der Waals surface area contributed by atoms with E-state index < -0.39 is 17.6 Å². The number of hydrogen-bond acceptors (Lipinski definition) is 4. The van der Waals surface area contributed by atoms with Gasteiger partial charge in [0.1, 0.15) is 11.6 Å². The molecule has 0 aliphatic heterocycles. The van der Waals surface area contributed by atoms with Crippen molar-refractivity contribution < 1.29 is 18.3 Å². The standard InChI is InChI=1S/C16H18BrF2NO2S/c1-3-22-16(21)11(15(23-2)20-10-4-5-10)6-9-7-14(19)12(17)8-13(9)18/h7-8,10,20H,3-6H2,1-2H3. The first-order chi connectivity index (χ1) is 11.0. The predicted molar refractivity (Wildman–Crippen MR) is 91.1 cm³/mol. The summed E-state index contributed by atoms with van der Waals surface area (Å²) in [6, 6.07) is 2.52. The molecule has 23 heavy (non-hydrogen) atoms. The maximum atomic E-state index is 14.1. The monoisotopic (exact) mass is 405 g/mol. The van der Waals surface area contributed by atoms with Gasteiger partial charge in [0, 0.05) is 12.5 Å². The maximum absolute atomic E-state index is 14.1. The second-order valence-electron chi connectivity index (χ2n) is 5.19. The predicted octanol–water partition coefficient (Wildman–Crippen LogP) is 4.16. The van der Waals surface area contributed by atoms with Gasteiger partial charge in [-0.05, 0) is 59.6 Å². The Bertz CT molecular complexity index is 633. The number of carbonyl (C=O) groups is 1. The second kappa shape index (κ2) is 8.15. The van der Waals surface area contributed by atoms with Gasteiger partial charge in [-0.2, -0.15) is 0 Å². The minimum Gasteiger partial charge on any atom is -0.463 e.